The summed E-state index contributed by atoms with van der Waals surface area (Å²) in [7, 11) is 1.73. The SMILES string of the molecule is COc1ccccc1N1CC[NH+](CC(=O)N2CCC[C@H]3CCCC[C@@H]32)CC1. The number of carbonyl (C=O) groups is 1. The Balaban J connectivity index is 1.32. The molecule has 1 saturated carbocycles. The summed E-state index contributed by atoms with van der Waals surface area (Å²) in [5, 5.41) is 0. The number of piperazine rings is 1. The molecule has 0 spiro atoms. The highest BCUT2D eigenvalue weighted by Gasteiger charge is 2.37. The van der Waals surface area contributed by atoms with Crippen LogP contribution in [0.15, 0.2) is 24.3 Å². The van der Waals surface area contributed by atoms with Crippen molar-refractivity contribution in [1.29, 1.82) is 0 Å². The van der Waals surface area contributed by atoms with E-state index in [9.17, 15) is 4.79 Å². The topological polar surface area (TPSA) is 37.2 Å². The van der Waals surface area contributed by atoms with Crippen LogP contribution in [0, 0.1) is 5.92 Å². The number of hydrogen-bond acceptors (Lipinski definition) is 3. The zero-order valence-corrected chi connectivity index (χ0v) is 16.7. The largest absolute Gasteiger partial charge is 0.495 e. The number of carbonyl (C=O) groups excluding carboxylic acids is 1. The van der Waals surface area contributed by atoms with E-state index in [1.165, 1.54) is 49.1 Å². The molecule has 3 fully saturated rings. The monoisotopic (exact) mass is 372 g/mol. The highest BCUT2D eigenvalue weighted by atomic mass is 16.5. The molecule has 2 aliphatic heterocycles. The molecule has 1 amide bonds. The van der Waals surface area contributed by atoms with Gasteiger partial charge in [0, 0.05) is 12.6 Å². The second-order valence-corrected chi connectivity index (χ2v) is 8.43. The van der Waals surface area contributed by atoms with Gasteiger partial charge in [0.2, 0.25) is 0 Å². The lowest BCUT2D eigenvalue weighted by molar-refractivity contribution is -0.892. The number of methoxy groups -OCH3 is 1. The second kappa shape index (κ2) is 8.51. The number of ether oxygens (including phenoxy) is 1. The molecule has 1 aromatic carbocycles. The molecule has 0 aromatic heterocycles. The summed E-state index contributed by atoms with van der Waals surface area (Å²) in [5.74, 6) is 2.11. The summed E-state index contributed by atoms with van der Waals surface area (Å²) < 4.78 is 5.51. The predicted molar refractivity (Wildman–Crippen MR) is 107 cm³/mol. The molecule has 1 N–H and O–H groups in total. The fourth-order valence-electron chi connectivity index (χ4n) is 5.38. The van der Waals surface area contributed by atoms with Gasteiger partial charge in [-0.15, -0.1) is 0 Å². The molecule has 2 atom stereocenters. The predicted octanol–water partition coefficient (Wildman–Crippen LogP) is 1.58. The van der Waals surface area contributed by atoms with E-state index in [0.717, 1.165) is 44.4 Å². The van der Waals surface area contributed by atoms with Crippen LogP contribution in [0.2, 0.25) is 0 Å². The van der Waals surface area contributed by atoms with Crippen molar-refractivity contribution in [1.82, 2.24) is 4.90 Å². The minimum atomic E-state index is 0.396. The van der Waals surface area contributed by atoms with Gasteiger partial charge in [0.15, 0.2) is 6.54 Å². The second-order valence-electron chi connectivity index (χ2n) is 8.43. The van der Waals surface area contributed by atoms with E-state index in [2.05, 4.69) is 21.9 Å². The third-order valence-electron chi connectivity index (χ3n) is 6.86. The number of benzene rings is 1. The van der Waals surface area contributed by atoms with E-state index < -0.39 is 0 Å². The Hall–Kier alpha value is -1.75. The van der Waals surface area contributed by atoms with E-state index >= 15 is 0 Å². The lowest BCUT2D eigenvalue weighted by Crippen LogP contribution is -3.16. The van der Waals surface area contributed by atoms with Gasteiger partial charge in [-0.1, -0.05) is 25.0 Å². The van der Waals surface area contributed by atoms with Gasteiger partial charge in [0.25, 0.3) is 5.91 Å². The molecule has 5 nitrogen and oxygen atoms in total. The average Bonchev–Trinajstić information content (AvgIpc) is 2.74. The van der Waals surface area contributed by atoms with Crippen molar-refractivity contribution >= 4 is 11.6 Å². The highest BCUT2D eigenvalue weighted by Crippen LogP contribution is 2.35. The lowest BCUT2D eigenvalue weighted by Gasteiger charge is -2.44. The molecule has 27 heavy (non-hydrogen) atoms. The summed E-state index contributed by atoms with van der Waals surface area (Å²) >= 11 is 0. The van der Waals surface area contributed by atoms with E-state index in [4.69, 9.17) is 4.74 Å². The average molecular weight is 373 g/mol. The normalized spacial score (nSPS) is 26.6. The smallest absolute Gasteiger partial charge is 0.278 e. The number of rotatable bonds is 4. The van der Waals surface area contributed by atoms with Gasteiger partial charge in [-0.25, -0.2) is 0 Å². The minimum absolute atomic E-state index is 0.396. The Kier molecular flexibility index (Phi) is 5.86. The van der Waals surface area contributed by atoms with Crippen molar-refractivity contribution < 1.29 is 14.4 Å². The molecule has 2 saturated heterocycles. The maximum Gasteiger partial charge on any atom is 0.278 e. The number of quaternary nitrogens is 1. The highest BCUT2D eigenvalue weighted by molar-refractivity contribution is 5.77. The first-order valence-electron chi connectivity index (χ1n) is 10.8. The summed E-state index contributed by atoms with van der Waals surface area (Å²) in [6.45, 7) is 5.66. The van der Waals surface area contributed by atoms with E-state index in [1.54, 1.807) is 7.11 Å². The van der Waals surface area contributed by atoms with Gasteiger partial charge in [-0.3, -0.25) is 4.79 Å². The van der Waals surface area contributed by atoms with Gasteiger partial charge in [0.1, 0.15) is 5.75 Å². The van der Waals surface area contributed by atoms with Crippen molar-refractivity contribution in [3.63, 3.8) is 0 Å². The molecule has 5 heteroatoms. The number of nitrogens with zero attached hydrogens (tertiary/aromatic N) is 2. The molecule has 0 bridgehead atoms. The number of hydrogen-bond donors (Lipinski definition) is 1. The number of para-hydroxylation sites is 2. The number of anilines is 1. The van der Waals surface area contributed by atoms with Crippen molar-refractivity contribution in [3.8, 4) is 5.75 Å². The number of piperidine rings is 1. The fourth-order valence-corrected chi connectivity index (χ4v) is 5.38. The summed E-state index contributed by atoms with van der Waals surface area (Å²) in [6.07, 6.45) is 7.75. The number of amides is 1. The van der Waals surface area contributed by atoms with Crippen LogP contribution in [0.4, 0.5) is 5.69 Å². The number of likely N-dealkylation sites (tertiary alicyclic amines) is 1. The molecule has 148 valence electrons. The third-order valence-corrected chi connectivity index (χ3v) is 6.86. The molecule has 0 unspecified atom stereocenters. The standard InChI is InChI=1S/C22H33N3O2/c1-27-21-11-5-4-10-20(21)24-15-13-23(14-16-24)17-22(26)25-12-6-8-18-7-2-3-9-19(18)25/h4-5,10-11,18-19H,2-3,6-9,12-17H2,1H3/p+1/t18-,19+/m1/s1. The molecule has 0 radical (unpaired) electrons. The molecule has 1 aliphatic carbocycles. The number of nitrogens with one attached hydrogen (secondary N) is 1. The summed E-state index contributed by atoms with van der Waals surface area (Å²) in [5.41, 5.74) is 1.17. The van der Waals surface area contributed by atoms with Crippen molar-refractivity contribution in [2.45, 2.75) is 44.6 Å². The molecular weight excluding hydrogens is 338 g/mol. The van der Waals surface area contributed by atoms with Gasteiger partial charge >= 0.3 is 0 Å². The first-order chi connectivity index (χ1) is 13.3. The number of fused-ring (bicyclic) bond motifs is 1. The summed E-state index contributed by atoms with van der Waals surface area (Å²) in [4.78, 5) is 19.1. The van der Waals surface area contributed by atoms with Gasteiger partial charge in [-0.05, 0) is 43.7 Å². The van der Waals surface area contributed by atoms with E-state index in [-0.39, 0.29) is 0 Å². The van der Waals surface area contributed by atoms with Crippen molar-refractivity contribution in [3.05, 3.63) is 24.3 Å². The quantitative estimate of drug-likeness (QED) is 0.872. The van der Waals surface area contributed by atoms with Crippen LogP contribution in [-0.2, 0) is 4.79 Å². The van der Waals surface area contributed by atoms with Gasteiger partial charge in [0.05, 0.1) is 39.0 Å². The van der Waals surface area contributed by atoms with Crippen molar-refractivity contribution in [2.24, 2.45) is 5.92 Å². The Morgan fingerprint density at radius 1 is 1.07 bits per heavy atom. The molecule has 4 rings (SSSR count). The summed E-state index contributed by atoms with van der Waals surface area (Å²) in [6, 6.07) is 8.77. The minimum Gasteiger partial charge on any atom is -0.495 e. The van der Waals surface area contributed by atoms with Crippen LogP contribution in [0.3, 0.4) is 0 Å². The first-order valence-corrected chi connectivity index (χ1v) is 10.8. The molecular formula is C22H34N3O2+. The van der Waals surface area contributed by atoms with Crippen LogP contribution in [0.1, 0.15) is 38.5 Å². The maximum absolute atomic E-state index is 13.0. The maximum atomic E-state index is 13.0. The Labute approximate surface area is 163 Å². The Bertz CT molecular complexity index is 640. The Morgan fingerprint density at radius 2 is 1.81 bits per heavy atom. The van der Waals surface area contributed by atoms with Crippen LogP contribution < -0.4 is 14.5 Å². The van der Waals surface area contributed by atoms with Crippen LogP contribution in [0.25, 0.3) is 0 Å². The Morgan fingerprint density at radius 3 is 2.63 bits per heavy atom. The van der Waals surface area contributed by atoms with Gasteiger partial charge in [-0.2, -0.15) is 0 Å². The molecule has 1 aromatic rings. The first kappa shape index (κ1) is 18.6. The third kappa shape index (κ3) is 4.08. The van der Waals surface area contributed by atoms with Crippen LogP contribution in [0.5, 0.6) is 5.75 Å². The lowest BCUT2D eigenvalue weighted by atomic mass is 9.78. The van der Waals surface area contributed by atoms with E-state index in [1.807, 2.05) is 12.1 Å². The zero-order chi connectivity index (χ0) is 18.6. The fraction of sp³-hybridized carbons (Fsp3) is 0.682. The van der Waals surface area contributed by atoms with E-state index in [0.29, 0.717) is 18.5 Å². The zero-order valence-electron chi connectivity index (χ0n) is 16.7. The molecule has 2 heterocycles. The van der Waals surface area contributed by atoms with Crippen LogP contribution in [-0.4, -0.2) is 63.2 Å². The van der Waals surface area contributed by atoms with Crippen LogP contribution >= 0.6 is 0 Å². The molecule has 3 aliphatic rings. The van der Waals surface area contributed by atoms with Crippen molar-refractivity contribution in [2.75, 3.05) is 51.3 Å². The van der Waals surface area contributed by atoms with Gasteiger partial charge < -0.3 is 19.4 Å².